The largest absolute Gasteiger partial charge is 0.388 e. The van der Waals surface area contributed by atoms with E-state index in [1.165, 1.54) is 0 Å². The highest BCUT2D eigenvalue weighted by Gasteiger charge is 2.45. The lowest BCUT2D eigenvalue weighted by Crippen LogP contribution is -2.62. The summed E-state index contributed by atoms with van der Waals surface area (Å²) in [5.74, 6) is 0.235. The van der Waals surface area contributed by atoms with E-state index in [1.807, 2.05) is 25.1 Å². The predicted octanol–water partition coefficient (Wildman–Crippen LogP) is 2.49. The maximum Gasteiger partial charge on any atom is 0.223 e. The topological polar surface area (TPSA) is 52.6 Å². The van der Waals surface area contributed by atoms with Crippen LogP contribution in [0.4, 0.5) is 0 Å². The lowest BCUT2D eigenvalue weighted by atomic mass is 9.79. The summed E-state index contributed by atoms with van der Waals surface area (Å²) < 4.78 is 0. The van der Waals surface area contributed by atoms with E-state index in [0.29, 0.717) is 6.42 Å². The molecule has 3 atom stereocenters. The van der Waals surface area contributed by atoms with Crippen LogP contribution in [0.3, 0.4) is 0 Å². The fourth-order valence-electron chi connectivity index (χ4n) is 4.08. The van der Waals surface area contributed by atoms with Crippen LogP contribution in [0.1, 0.15) is 50.6 Å². The molecule has 1 aromatic rings. The first-order chi connectivity index (χ1) is 11.0. The molecule has 2 fully saturated rings. The second kappa shape index (κ2) is 6.62. The molecule has 126 valence electrons. The van der Waals surface area contributed by atoms with Gasteiger partial charge in [0, 0.05) is 12.5 Å². The Hall–Kier alpha value is -1.39. The number of hydrogen-bond donors (Lipinski definition) is 2. The van der Waals surface area contributed by atoms with Crippen LogP contribution in [0.2, 0.25) is 0 Å². The van der Waals surface area contributed by atoms with Crippen molar-refractivity contribution in [1.82, 2.24) is 10.2 Å². The third-order valence-corrected chi connectivity index (χ3v) is 5.60. The van der Waals surface area contributed by atoms with Crippen molar-refractivity contribution in [2.24, 2.45) is 5.92 Å². The van der Waals surface area contributed by atoms with Gasteiger partial charge in [0.1, 0.15) is 0 Å². The zero-order valence-electron chi connectivity index (χ0n) is 14.2. The first kappa shape index (κ1) is 16.5. The van der Waals surface area contributed by atoms with Crippen molar-refractivity contribution in [2.45, 2.75) is 56.7 Å². The van der Waals surface area contributed by atoms with Crippen LogP contribution >= 0.6 is 0 Å². The second-order valence-corrected chi connectivity index (χ2v) is 7.41. The van der Waals surface area contributed by atoms with Crippen molar-refractivity contribution < 1.29 is 9.90 Å². The van der Waals surface area contributed by atoms with Gasteiger partial charge in [-0.2, -0.15) is 0 Å². The van der Waals surface area contributed by atoms with Gasteiger partial charge in [-0.15, -0.1) is 0 Å². The normalized spacial score (nSPS) is 32.8. The molecule has 4 nitrogen and oxygen atoms in total. The van der Waals surface area contributed by atoms with Gasteiger partial charge in [-0.25, -0.2) is 0 Å². The van der Waals surface area contributed by atoms with Crippen LogP contribution in [-0.4, -0.2) is 41.1 Å². The Morgan fingerprint density at radius 1 is 1.26 bits per heavy atom. The number of hydrogen-bond acceptors (Lipinski definition) is 3. The van der Waals surface area contributed by atoms with Gasteiger partial charge in [0.15, 0.2) is 0 Å². The molecule has 0 unspecified atom stereocenters. The van der Waals surface area contributed by atoms with Crippen LogP contribution in [0.15, 0.2) is 30.3 Å². The number of carbonyl (C=O) groups is 1. The van der Waals surface area contributed by atoms with E-state index in [9.17, 15) is 9.90 Å². The summed E-state index contributed by atoms with van der Waals surface area (Å²) in [5, 5.41) is 14.1. The lowest BCUT2D eigenvalue weighted by Gasteiger charge is -2.48. The number of nitrogens with zero attached hydrogens (tertiary/aromatic N) is 1. The number of carbonyl (C=O) groups excluding carboxylic acids is 1. The zero-order valence-corrected chi connectivity index (χ0v) is 14.2. The van der Waals surface area contributed by atoms with Gasteiger partial charge < -0.3 is 10.4 Å². The van der Waals surface area contributed by atoms with Crippen molar-refractivity contribution >= 4 is 5.91 Å². The Kier molecular flexibility index (Phi) is 4.74. The van der Waals surface area contributed by atoms with Crippen LogP contribution in [0, 0.1) is 5.92 Å². The van der Waals surface area contributed by atoms with Crippen LogP contribution < -0.4 is 5.32 Å². The Labute approximate surface area is 138 Å². The molecule has 2 aliphatic rings. The molecule has 3 rings (SSSR count). The molecule has 4 heteroatoms. The quantitative estimate of drug-likeness (QED) is 0.901. The van der Waals surface area contributed by atoms with Gasteiger partial charge in [-0.05, 0) is 38.8 Å². The van der Waals surface area contributed by atoms with Crippen LogP contribution in [0.25, 0.3) is 0 Å². The van der Waals surface area contributed by atoms with Crippen molar-refractivity contribution in [2.75, 3.05) is 13.6 Å². The highest BCUT2D eigenvalue weighted by atomic mass is 16.3. The highest BCUT2D eigenvalue weighted by Crippen LogP contribution is 2.36. The molecule has 0 aromatic heterocycles. The van der Waals surface area contributed by atoms with E-state index in [0.717, 1.165) is 37.8 Å². The minimum Gasteiger partial charge on any atom is -0.388 e. The number of likely N-dealkylation sites (tertiary alicyclic amines) is 1. The van der Waals surface area contributed by atoms with E-state index in [-0.39, 0.29) is 23.9 Å². The average Bonchev–Trinajstić information content (AvgIpc) is 3.07. The summed E-state index contributed by atoms with van der Waals surface area (Å²) in [6.45, 7) is 2.68. The fraction of sp³-hybridized carbons (Fsp3) is 0.632. The number of benzene rings is 1. The Bertz CT molecular complexity index is 538. The van der Waals surface area contributed by atoms with Gasteiger partial charge >= 0.3 is 0 Å². The van der Waals surface area contributed by atoms with E-state index in [2.05, 4.69) is 29.4 Å². The molecule has 1 saturated carbocycles. The summed E-state index contributed by atoms with van der Waals surface area (Å²) in [5.41, 5.74) is 0.257. The highest BCUT2D eigenvalue weighted by molar-refractivity contribution is 5.79. The first-order valence-electron chi connectivity index (χ1n) is 8.77. The molecular formula is C19H28N2O2. The third-order valence-electron chi connectivity index (χ3n) is 5.60. The number of rotatable bonds is 3. The van der Waals surface area contributed by atoms with E-state index >= 15 is 0 Å². The molecule has 0 bridgehead atoms. The lowest BCUT2D eigenvalue weighted by molar-refractivity contribution is -0.131. The second-order valence-electron chi connectivity index (χ2n) is 7.41. The summed E-state index contributed by atoms with van der Waals surface area (Å²) in [7, 11) is 2.07. The van der Waals surface area contributed by atoms with E-state index < -0.39 is 5.60 Å². The van der Waals surface area contributed by atoms with Crippen molar-refractivity contribution in [1.29, 1.82) is 0 Å². The third kappa shape index (κ3) is 3.43. The van der Waals surface area contributed by atoms with Crippen LogP contribution in [-0.2, 0) is 4.79 Å². The maximum atomic E-state index is 12.6. The van der Waals surface area contributed by atoms with Gasteiger partial charge in [0.05, 0.1) is 17.7 Å². The van der Waals surface area contributed by atoms with Gasteiger partial charge in [-0.1, -0.05) is 43.2 Å². The van der Waals surface area contributed by atoms with Crippen LogP contribution in [0.5, 0.6) is 0 Å². The summed E-state index contributed by atoms with van der Waals surface area (Å²) in [6, 6.07) is 9.91. The summed E-state index contributed by atoms with van der Waals surface area (Å²) in [6.07, 6.45) is 4.91. The molecule has 2 N–H and O–H groups in total. The minimum absolute atomic E-state index is 0.00491. The summed E-state index contributed by atoms with van der Waals surface area (Å²) in [4.78, 5) is 14.9. The monoisotopic (exact) mass is 316 g/mol. The molecule has 1 aromatic carbocycles. The zero-order chi connectivity index (χ0) is 16.4. The standard InChI is InChI=1S/C19H28N2O2/c1-19(23)12-13-21(2)16(14-8-4-3-5-9-14)17(19)20-18(22)15-10-6-7-11-15/h3-5,8-9,15-17,23H,6-7,10-13H2,1-2H3,(H,20,22)/t16-,17-,19+/m0/s1. The number of nitrogens with one attached hydrogen (secondary N) is 1. The number of aliphatic hydroxyl groups is 1. The van der Waals surface area contributed by atoms with Gasteiger partial charge in [-0.3, -0.25) is 9.69 Å². The van der Waals surface area contributed by atoms with Crippen molar-refractivity contribution in [3.8, 4) is 0 Å². The molecule has 1 aliphatic carbocycles. The van der Waals surface area contributed by atoms with Gasteiger partial charge in [0.25, 0.3) is 0 Å². The molecule has 23 heavy (non-hydrogen) atoms. The minimum atomic E-state index is -0.888. The van der Waals surface area contributed by atoms with Crippen molar-refractivity contribution in [3.63, 3.8) is 0 Å². The first-order valence-corrected chi connectivity index (χ1v) is 8.77. The fourth-order valence-corrected chi connectivity index (χ4v) is 4.08. The van der Waals surface area contributed by atoms with Crippen molar-refractivity contribution in [3.05, 3.63) is 35.9 Å². The molecule has 1 saturated heterocycles. The van der Waals surface area contributed by atoms with E-state index in [1.54, 1.807) is 0 Å². The SMILES string of the molecule is CN1CC[C@@](C)(O)[C@@H](NC(=O)C2CCCC2)[C@@H]1c1ccccc1. The summed E-state index contributed by atoms with van der Waals surface area (Å²) >= 11 is 0. The Balaban J connectivity index is 1.85. The molecule has 1 heterocycles. The Morgan fingerprint density at radius 2 is 1.91 bits per heavy atom. The molecule has 0 spiro atoms. The number of amides is 1. The number of piperidine rings is 1. The Morgan fingerprint density at radius 3 is 2.57 bits per heavy atom. The number of likely N-dealkylation sites (N-methyl/N-ethyl adjacent to an activating group) is 1. The molecular weight excluding hydrogens is 288 g/mol. The average molecular weight is 316 g/mol. The predicted molar refractivity (Wildman–Crippen MR) is 90.9 cm³/mol. The molecule has 0 radical (unpaired) electrons. The van der Waals surface area contributed by atoms with Gasteiger partial charge in [0.2, 0.25) is 5.91 Å². The maximum absolute atomic E-state index is 12.6. The molecule has 1 aliphatic heterocycles. The van der Waals surface area contributed by atoms with E-state index in [4.69, 9.17) is 0 Å². The molecule has 1 amide bonds. The smallest absolute Gasteiger partial charge is 0.223 e.